The van der Waals surface area contributed by atoms with Gasteiger partial charge in [-0.3, -0.25) is 14.4 Å². The highest BCUT2D eigenvalue weighted by molar-refractivity contribution is 5.76. The van der Waals surface area contributed by atoms with Gasteiger partial charge in [-0.2, -0.15) is 13.2 Å². The van der Waals surface area contributed by atoms with Crippen LogP contribution >= 0.6 is 0 Å². The summed E-state index contributed by atoms with van der Waals surface area (Å²) in [6, 6.07) is 1.72. The lowest BCUT2D eigenvalue weighted by atomic mass is 10.2. The summed E-state index contributed by atoms with van der Waals surface area (Å²) in [7, 11) is 0. The van der Waals surface area contributed by atoms with Gasteiger partial charge in [-0.15, -0.1) is 0 Å². The standard InChI is InChI=1S/C14H11F3N4O3/c15-14(16,17)9-2-1-3-20(13(9)24)6-11(22)21-4-8-10(5-21)18-7-19-12(8)23/h1-3,7H,4-6H2,(H,18,19,23). The first-order valence-electron chi connectivity index (χ1n) is 6.87. The lowest BCUT2D eigenvalue weighted by Gasteiger charge is -2.16. The molecule has 2 aromatic rings. The Morgan fingerprint density at radius 2 is 2.04 bits per heavy atom. The molecule has 0 bridgehead atoms. The highest BCUT2D eigenvalue weighted by Gasteiger charge is 2.34. The number of aromatic amines is 1. The van der Waals surface area contributed by atoms with Gasteiger partial charge in [0.15, 0.2) is 0 Å². The number of nitrogens with one attached hydrogen (secondary N) is 1. The molecule has 1 N–H and O–H groups in total. The molecule has 0 spiro atoms. The first-order valence-corrected chi connectivity index (χ1v) is 6.87. The van der Waals surface area contributed by atoms with E-state index < -0.39 is 29.8 Å². The molecule has 0 unspecified atom stereocenters. The van der Waals surface area contributed by atoms with Crippen LogP contribution < -0.4 is 11.1 Å². The van der Waals surface area contributed by atoms with Crippen LogP contribution in [0.5, 0.6) is 0 Å². The number of pyridine rings is 1. The molecule has 0 saturated heterocycles. The number of nitrogens with zero attached hydrogens (tertiary/aromatic N) is 3. The van der Waals surface area contributed by atoms with Crippen LogP contribution in [0.1, 0.15) is 16.8 Å². The van der Waals surface area contributed by atoms with Gasteiger partial charge in [-0.1, -0.05) is 0 Å². The fraction of sp³-hybridized carbons (Fsp3) is 0.286. The number of amides is 1. The number of hydrogen-bond acceptors (Lipinski definition) is 4. The zero-order chi connectivity index (χ0) is 17.5. The summed E-state index contributed by atoms with van der Waals surface area (Å²) in [5, 5.41) is 0. The number of aromatic nitrogens is 3. The van der Waals surface area contributed by atoms with Gasteiger partial charge in [0, 0.05) is 6.20 Å². The topological polar surface area (TPSA) is 88.1 Å². The second kappa shape index (κ2) is 5.62. The van der Waals surface area contributed by atoms with Gasteiger partial charge in [0.1, 0.15) is 12.1 Å². The van der Waals surface area contributed by atoms with Crippen molar-refractivity contribution < 1.29 is 18.0 Å². The van der Waals surface area contributed by atoms with E-state index in [0.717, 1.165) is 12.3 Å². The molecular weight excluding hydrogens is 329 g/mol. The smallest absolute Gasteiger partial charge is 0.331 e. The SMILES string of the molecule is O=C(Cn1cccc(C(F)(F)F)c1=O)N1Cc2nc[nH]c(=O)c2C1. The zero-order valence-corrected chi connectivity index (χ0v) is 12.1. The van der Waals surface area contributed by atoms with Gasteiger partial charge in [0.05, 0.1) is 30.7 Å². The number of alkyl halides is 3. The number of halogens is 3. The minimum atomic E-state index is -4.79. The molecule has 24 heavy (non-hydrogen) atoms. The van der Waals surface area contributed by atoms with Crippen LogP contribution in [0.15, 0.2) is 34.2 Å². The van der Waals surface area contributed by atoms with E-state index >= 15 is 0 Å². The van der Waals surface area contributed by atoms with Crippen LogP contribution in [0, 0.1) is 0 Å². The largest absolute Gasteiger partial charge is 0.421 e. The Morgan fingerprint density at radius 1 is 1.29 bits per heavy atom. The lowest BCUT2D eigenvalue weighted by molar-refractivity contribution is -0.139. The van der Waals surface area contributed by atoms with Crippen LogP contribution in [-0.4, -0.2) is 25.3 Å². The molecule has 2 aromatic heterocycles. The van der Waals surface area contributed by atoms with Crippen molar-refractivity contribution in [3.05, 3.63) is 62.2 Å². The van der Waals surface area contributed by atoms with E-state index in [1.165, 1.54) is 11.2 Å². The molecule has 1 aliphatic rings. The number of hydrogen-bond donors (Lipinski definition) is 1. The van der Waals surface area contributed by atoms with E-state index in [4.69, 9.17) is 0 Å². The highest BCUT2D eigenvalue weighted by atomic mass is 19.4. The molecular formula is C14H11F3N4O3. The van der Waals surface area contributed by atoms with Crippen molar-refractivity contribution in [2.24, 2.45) is 0 Å². The molecule has 7 nitrogen and oxygen atoms in total. The molecule has 3 rings (SSSR count). The molecule has 126 valence electrons. The van der Waals surface area contributed by atoms with E-state index in [0.29, 0.717) is 21.9 Å². The molecule has 0 radical (unpaired) electrons. The summed E-state index contributed by atoms with van der Waals surface area (Å²) < 4.78 is 38.9. The van der Waals surface area contributed by atoms with Crippen molar-refractivity contribution in [3.8, 4) is 0 Å². The van der Waals surface area contributed by atoms with Crippen molar-refractivity contribution in [2.45, 2.75) is 25.8 Å². The van der Waals surface area contributed by atoms with Crippen molar-refractivity contribution in [1.29, 1.82) is 0 Å². The quantitative estimate of drug-likeness (QED) is 0.862. The number of carbonyl (C=O) groups is 1. The van der Waals surface area contributed by atoms with Crippen molar-refractivity contribution in [2.75, 3.05) is 0 Å². The Bertz CT molecular complexity index is 916. The minimum absolute atomic E-state index is 0.00501. The predicted octanol–water partition coefficient (Wildman–Crippen LogP) is 0.493. The Morgan fingerprint density at radius 3 is 2.71 bits per heavy atom. The zero-order valence-electron chi connectivity index (χ0n) is 12.1. The molecule has 10 heteroatoms. The normalized spacial score (nSPS) is 13.9. The second-order valence-corrected chi connectivity index (χ2v) is 5.26. The Balaban J connectivity index is 1.82. The summed E-state index contributed by atoms with van der Waals surface area (Å²) in [6.07, 6.45) is -2.46. The van der Waals surface area contributed by atoms with Gasteiger partial charge in [0.2, 0.25) is 5.91 Å². The molecule has 3 heterocycles. The van der Waals surface area contributed by atoms with Gasteiger partial charge < -0.3 is 14.5 Å². The third-order valence-corrected chi connectivity index (χ3v) is 3.71. The molecule has 1 aliphatic heterocycles. The number of fused-ring (bicyclic) bond motifs is 1. The third kappa shape index (κ3) is 2.82. The predicted molar refractivity (Wildman–Crippen MR) is 74.8 cm³/mol. The van der Waals surface area contributed by atoms with E-state index in [1.54, 1.807) is 0 Å². The molecule has 0 saturated carbocycles. The molecule has 0 atom stereocenters. The van der Waals surface area contributed by atoms with Gasteiger partial charge in [-0.05, 0) is 12.1 Å². The van der Waals surface area contributed by atoms with Gasteiger partial charge >= 0.3 is 6.18 Å². The molecule has 1 amide bonds. The van der Waals surface area contributed by atoms with Gasteiger partial charge in [-0.25, -0.2) is 4.98 Å². The maximum atomic E-state index is 12.7. The van der Waals surface area contributed by atoms with E-state index in [9.17, 15) is 27.6 Å². The maximum Gasteiger partial charge on any atom is 0.421 e. The number of carbonyl (C=O) groups excluding carboxylic acids is 1. The summed E-state index contributed by atoms with van der Waals surface area (Å²) in [6.45, 7) is -0.467. The Hall–Kier alpha value is -2.91. The van der Waals surface area contributed by atoms with Crippen molar-refractivity contribution in [1.82, 2.24) is 19.4 Å². The van der Waals surface area contributed by atoms with Crippen LogP contribution in [0.25, 0.3) is 0 Å². The number of H-pyrrole nitrogens is 1. The van der Waals surface area contributed by atoms with E-state index in [-0.39, 0.29) is 18.6 Å². The summed E-state index contributed by atoms with van der Waals surface area (Å²) in [5.74, 6) is -0.575. The first-order chi connectivity index (χ1) is 11.3. The first kappa shape index (κ1) is 16.0. The summed E-state index contributed by atoms with van der Waals surface area (Å²) >= 11 is 0. The van der Waals surface area contributed by atoms with Crippen LogP contribution in [0.3, 0.4) is 0 Å². The average molecular weight is 340 g/mol. The van der Waals surface area contributed by atoms with E-state index in [1.807, 2.05) is 0 Å². The summed E-state index contributed by atoms with van der Waals surface area (Å²) in [4.78, 5) is 43.3. The molecule has 0 fully saturated rings. The van der Waals surface area contributed by atoms with Gasteiger partial charge in [0.25, 0.3) is 11.1 Å². The minimum Gasteiger partial charge on any atom is -0.331 e. The summed E-state index contributed by atoms with van der Waals surface area (Å²) in [5.41, 5.74) is -2.22. The fourth-order valence-corrected chi connectivity index (χ4v) is 2.49. The van der Waals surface area contributed by atoms with Crippen LogP contribution in [0.4, 0.5) is 13.2 Å². The van der Waals surface area contributed by atoms with Crippen LogP contribution in [-0.2, 0) is 30.6 Å². The molecule has 0 aromatic carbocycles. The third-order valence-electron chi connectivity index (χ3n) is 3.71. The maximum absolute atomic E-state index is 12.7. The average Bonchev–Trinajstić information content (AvgIpc) is 2.94. The second-order valence-electron chi connectivity index (χ2n) is 5.26. The Labute approximate surface area is 132 Å². The van der Waals surface area contributed by atoms with Crippen molar-refractivity contribution >= 4 is 5.91 Å². The lowest BCUT2D eigenvalue weighted by Crippen LogP contribution is -2.35. The Kier molecular flexibility index (Phi) is 3.74. The highest BCUT2D eigenvalue weighted by Crippen LogP contribution is 2.26. The van der Waals surface area contributed by atoms with E-state index in [2.05, 4.69) is 9.97 Å². The number of rotatable bonds is 2. The monoisotopic (exact) mass is 340 g/mol. The fourth-order valence-electron chi connectivity index (χ4n) is 2.49. The van der Waals surface area contributed by atoms with Crippen LogP contribution in [0.2, 0.25) is 0 Å². The van der Waals surface area contributed by atoms with Crippen molar-refractivity contribution in [3.63, 3.8) is 0 Å². The molecule has 0 aliphatic carbocycles.